The van der Waals surface area contributed by atoms with Crippen LogP contribution >= 0.6 is 11.3 Å². The number of rotatable bonds is 4. The minimum Gasteiger partial charge on any atom is -0.299 e. The van der Waals surface area contributed by atoms with Crippen LogP contribution in [-0.4, -0.2) is 10.8 Å². The van der Waals surface area contributed by atoms with E-state index >= 15 is 0 Å². The quantitative estimate of drug-likeness (QED) is 0.711. The van der Waals surface area contributed by atoms with E-state index in [0.29, 0.717) is 18.1 Å². The van der Waals surface area contributed by atoms with Gasteiger partial charge in [-0.2, -0.15) is 0 Å². The van der Waals surface area contributed by atoms with Crippen LogP contribution in [0.4, 0.5) is 0 Å². The molecular formula is C9H11NOS. The minimum absolute atomic E-state index is 0.377. The van der Waals surface area contributed by atoms with Gasteiger partial charge < -0.3 is 0 Å². The fourth-order valence-electron chi connectivity index (χ4n) is 1.24. The van der Waals surface area contributed by atoms with Crippen LogP contribution in [0.2, 0.25) is 0 Å². The summed E-state index contributed by atoms with van der Waals surface area (Å²) in [5.74, 6) is 1.09. The summed E-state index contributed by atoms with van der Waals surface area (Å²) in [4.78, 5) is 16.4. The Bertz CT molecular complexity index is 264. The molecule has 1 aromatic rings. The Morgan fingerprint density at radius 3 is 3.08 bits per heavy atom. The van der Waals surface area contributed by atoms with Crippen LogP contribution in [0.25, 0.3) is 0 Å². The number of carbonyl (C=O) groups excluding carboxylic acids is 1. The summed E-state index contributed by atoms with van der Waals surface area (Å²) in [7, 11) is 0. The summed E-state index contributed by atoms with van der Waals surface area (Å²) >= 11 is 1.57. The molecule has 0 bridgehead atoms. The average Bonchev–Trinajstić information content (AvgIpc) is 2.66. The lowest BCUT2D eigenvalue weighted by Gasteiger charge is -1.94. The van der Waals surface area contributed by atoms with Crippen molar-refractivity contribution in [2.24, 2.45) is 5.92 Å². The molecule has 0 aromatic carbocycles. The van der Waals surface area contributed by atoms with Crippen molar-refractivity contribution < 1.29 is 4.79 Å². The van der Waals surface area contributed by atoms with E-state index in [9.17, 15) is 4.79 Å². The lowest BCUT2D eigenvalue weighted by molar-refractivity contribution is -0.118. The van der Waals surface area contributed by atoms with Gasteiger partial charge in [0.1, 0.15) is 5.78 Å². The Morgan fingerprint density at radius 2 is 2.50 bits per heavy atom. The summed E-state index contributed by atoms with van der Waals surface area (Å²) in [6.07, 6.45) is 5.69. The first-order valence-corrected chi connectivity index (χ1v) is 5.11. The van der Waals surface area contributed by atoms with Crippen LogP contribution in [0.5, 0.6) is 0 Å². The zero-order valence-corrected chi connectivity index (χ0v) is 7.64. The van der Waals surface area contributed by atoms with Crippen molar-refractivity contribution in [3.8, 4) is 0 Å². The molecule has 0 spiro atoms. The standard InChI is InChI=1S/C9H11NOS/c11-8(3-7-1-2-7)4-9-5-10-6-12-9/h5-7H,1-4H2. The molecule has 1 heterocycles. The Morgan fingerprint density at radius 1 is 1.67 bits per heavy atom. The summed E-state index contributed by atoms with van der Waals surface area (Å²) in [5.41, 5.74) is 1.78. The van der Waals surface area contributed by atoms with Gasteiger partial charge in [0.25, 0.3) is 0 Å². The van der Waals surface area contributed by atoms with Gasteiger partial charge in [-0.1, -0.05) is 0 Å². The second kappa shape index (κ2) is 3.35. The molecule has 12 heavy (non-hydrogen) atoms. The van der Waals surface area contributed by atoms with Gasteiger partial charge in [-0.3, -0.25) is 9.78 Å². The highest BCUT2D eigenvalue weighted by atomic mass is 32.1. The summed E-state index contributed by atoms with van der Waals surface area (Å²) in [5, 5.41) is 0. The molecule has 0 amide bonds. The molecule has 2 rings (SSSR count). The Kier molecular flexibility index (Phi) is 2.21. The predicted molar refractivity (Wildman–Crippen MR) is 48.2 cm³/mol. The Balaban J connectivity index is 1.82. The molecule has 64 valence electrons. The van der Waals surface area contributed by atoms with E-state index in [4.69, 9.17) is 0 Å². The molecule has 0 radical (unpaired) electrons. The maximum Gasteiger partial charge on any atom is 0.138 e. The number of ketones is 1. The van der Waals surface area contributed by atoms with Gasteiger partial charge in [0, 0.05) is 23.9 Å². The van der Waals surface area contributed by atoms with Crippen LogP contribution in [-0.2, 0) is 11.2 Å². The van der Waals surface area contributed by atoms with Crippen LogP contribution in [0.15, 0.2) is 11.7 Å². The summed E-state index contributed by atoms with van der Waals surface area (Å²) < 4.78 is 0. The van der Waals surface area contributed by atoms with E-state index in [1.165, 1.54) is 12.8 Å². The van der Waals surface area contributed by atoms with Crippen molar-refractivity contribution in [2.45, 2.75) is 25.7 Å². The third-order valence-electron chi connectivity index (χ3n) is 2.07. The van der Waals surface area contributed by atoms with Gasteiger partial charge in [0.2, 0.25) is 0 Å². The minimum atomic E-state index is 0.377. The lowest BCUT2D eigenvalue weighted by atomic mass is 10.1. The molecular weight excluding hydrogens is 170 g/mol. The number of thiazole rings is 1. The highest BCUT2D eigenvalue weighted by Gasteiger charge is 2.24. The Labute approximate surface area is 75.6 Å². The van der Waals surface area contributed by atoms with Gasteiger partial charge in [-0.15, -0.1) is 11.3 Å². The van der Waals surface area contributed by atoms with Crippen molar-refractivity contribution in [3.63, 3.8) is 0 Å². The molecule has 0 N–H and O–H groups in total. The number of Topliss-reactive ketones (excluding diaryl/α,β-unsaturated/α-hetero) is 1. The molecule has 1 saturated carbocycles. The topological polar surface area (TPSA) is 30.0 Å². The fourth-order valence-corrected chi connectivity index (χ4v) is 1.86. The number of carbonyl (C=O) groups is 1. The monoisotopic (exact) mass is 181 g/mol. The molecule has 0 saturated heterocycles. The third-order valence-corrected chi connectivity index (χ3v) is 2.85. The highest BCUT2D eigenvalue weighted by Crippen LogP contribution is 2.32. The fraction of sp³-hybridized carbons (Fsp3) is 0.556. The average molecular weight is 181 g/mol. The van der Waals surface area contributed by atoms with E-state index in [2.05, 4.69) is 4.98 Å². The molecule has 0 aliphatic heterocycles. The zero-order valence-electron chi connectivity index (χ0n) is 6.82. The molecule has 1 aliphatic carbocycles. The number of aromatic nitrogens is 1. The summed E-state index contributed by atoms with van der Waals surface area (Å²) in [6.45, 7) is 0. The van der Waals surface area contributed by atoms with Crippen molar-refractivity contribution >= 4 is 17.1 Å². The van der Waals surface area contributed by atoms with Crippen LogP contribution in [0.1, 0.15) is 24.1 Å². The van der Waals surface area contributed by atoms with Gasteiger partial charge in [-0.25, -0.2) is 0 Å². The van der Waals surface area contributed by atoms with Gasteiger partial charge in [0.05, 0.1) is 5.51 Å². The van der Waals surface area contributed by atoms with Crippen molar-refractivity contribution in [3.05, 3.63) is 16.6 Å². The van der Waals surface area contributed by atoms with E-state index in [0.717, 1.165) is 11.3 Å². The summed E-state index contributed by atoms with van der Waals surface area (Å²) in [6, 6.07) is 0. The number of hydrogen-bond acceptors (Lipinski definition) is 3. The van der Waals surface area contributed by atoms with Crippen molar-refractivity contribution in [1.82, 2.24) is 4.98 Å². The molecule has 2 nitrogen and oxygen atoms in total. The lowest BCUT2D eigenvalue weighted by Crippen LogP contribution is -2.01. The maximum absolute atomic E-state index is 11.3. The molecule has 1 fully saturated rings. The highest BCUT2D eigenvalue weighted by molar-refractivity contribution is 7.09. The van der Waals surface area contributed by atoms with E-state index in [1.54, 1.807) is 23.0 Å². The SMILES string of the molecule is O=C(Cc1cncs1)CC1CC1. The molecule has 0 unspecified atom stereocenters. The second-order valence-corrected chi connectivity index (χ2v) is 4.30. The van der Waals surface area contributed by atoms with Crippen molar-refractivity contribution in [1.29, 1.82) is 0 Å². The van der Waals surface area contributed by atoms with Crippen LogP contribution < -0.4 is 0 Å². The van der Waals surface area contributed by atoms with Gasteiger partial charge >= 0.3 is 0 Å². The van der Waals surface area contributed by atoms with Crippen LogP contribution in [0, 0.1) is 5.92 Å². The number of hydrogen-bond donors (Lipinski definition) is 0. The van der Waals surface area contributed by atoms with E-state index < -0.39 is 0 Å². The van der Waals surface area contributed by atoms with Gasteiger partial charge in [0.15, 0.2) is 0 Å². The first-order valence-electron chi connectivity index (χ1n) is 4.23. The first kappa shape index (κ1) is 7.92. The van der Waals surface area contributed by atoms with Crippen LogP contribution in [0.3, 0.4) is 0 Å². The zero-order chi connectivity index (χ0) is 8.39. The van der Waals surface area contributed by atoms with E-state index in [-0.39, 0.29) is 0 Å². The maximum atomic E-state index is 11.3. The second-order valence-electron chi connectivity index (χ2n) is 3.33. The third kappa shape index (κ3) is 2.14. The smallest absolute Gasteiger partial charge is 0.138 e. The Hall–Kier alpha value is -0.700. The molecule has 1 aromatic heterocycles. The van der Waals surface area contributed by atoms with Crippen molar-refractivity contribution in [2.75, 3.05) is 0 Å². The largest absolute Gasteiger partial charge is 0.299 e. The molecule has 1 aliphatic rings. The molecule has 3 heteroatoms. The predicted octanol–water partition coefficient (Wildman–Crippen LogP) is 2.05. The normalized spacial score (nSPS) is 16.3. The molecule has 0 atom stereocenters. The van der Waals surface area contributed by atoms with E-state index in [1.807, 2.05) is 0 Å². The first-order chi connectivity index (χ1) is 5.84. The van der Waals surface area contributed by atoms with Gasteiger partial charge in [-0.05, 0) is 18.8 Å². The number of nitrogens with zero attached hydrogens (tertiary/aromatic N) is 1.